The first-order chi connectivity index (χ1) is 4.70. The number of rotatable bonds is 1. The predicted octanol–water partition coefficient (Wildman–Crippen LogP) is 1.17. The summed E-state index contributed by atoms with van der Waals surface area (Å²) in [4.78, 5) is 9.62. The van der Waals surface area contributed by atoms with E-state index in [4.69, 9.17) is 5.73 Å². The van der Waals surface area contributed by atoms with Gasteiger partial charge in [0.15, 0.2) is 0 Å². The average Bonchev–Trinajstić information content (AvgIpc) is 1.88. The van der Waals surface area contributed by atoms with E-state index >= 15 is 0 Å². The van der Waals surface area contributed by atoms with Crippen molar-refractivity contribution >= 4 is 11.4 Å². The predicted molar refractivity (Wildman–Crippen MR) is 37.5 cm³/mol. The zero-order valence-electron chi connectivity index (χ0n) is 5.47. The molecule has 0 saturated heterocycles. The quantitative estimate of drug-likeness (QED) is 0.477. The van der Waals surface area contributed by atoms with Crippen LogP contribution in [-0.2, 0) is 21.1 Å². The topological polar surface area (TPSA) is 69.2 Å². The van der Waals surface area contributed by atoms with Crippen molar-refractivity contribution in [3.8, 4) is 0 Å². The van der Waals surface area contributed by atoms with Gasteiger partial charge in [0, 0.05) is 38.9 Å². The van der Waals surface area contributed by atoms with E-state index in [0.717, 1.165) is 0 Å². The summed E-state index contributed by atoms with van der Waals surface area (Å²) in [5, 5.41) is 10.1. The van der Waals surface area contributed by atoms with Crippen LogP contribution >= 0.6 is 0 Å². The largest absolute Gasteiger partial charge is 0.399 e. The molecule has 0 fully saturated rings. The number of hydrogen-bond donors (Lipinski definition) is 1. The summed E-state index contributed by atoms with van der Waals surface area (Å²) in [5.41, 5.74) is 5.90. The Morgan fingerprint density at radius 3 is 2.09 bits per heavy atom. The molecule has 0 atom stereocenters. The van der Waals surface area contributed by atoms with Crippen molar-refractivity contribution < 1.29 is 26.0 Å². The fourth-order valence-electron chi connectivity index (χ4n) is 0.596. The number of nitrogens with zero attached hydrogens (tertiary/aromatic N) is 1. The van der Waals surface area contributed by atoms with E-state index in [1.165, 1.54) is 24.3 Å². The van der Waals surface area contributed by atoms with E-state index in [1.807, 2.05) is 0 Å². The second kappa shape index (κ2) is 4.08. The van der Waals surface area contributed by atoms with Gasteiger partial charge in [-0.25, -0.2) is 0 Å². The molecule has 2 N–H and O–H groups in total. The first-order valence-corrected chi connectivity index (χ1v) is 2.70. The number of nitro benzene ring substituents is 1. The van der Waals surface area contributed by atoms with Crippen molar-refractivity contribution in [1.82, 2.24) is 0 Å². The Hall–Kier alpha value is -0.892. The van der Waals surface area contributed by atoms with E-state index in [1.54, 1.807) is 0 Å². The fraction of sp³-hybridized carbons (Fsp3) is 0. The van der Waals surface area contributed by atoms with Crippen LogP contribution in [0.3, 0.4) is 0 Å². The Balaban J connectivity index is 0.000001000. The first kappa shape index (κ1) is 10.1. The van der Waals surface area contributed by atoms with Crippen molar-refractivity contribution in [3.05, 3.63) is 34.4 Å². The number of anilines is 1. The molecule has 0 bridgehead atoms. The smallest absolute Gasteiger partial charge is 0.269 e. The average molecular weight is 333 g/mol. The molecule has 0 aliphatic heterocycles. The molecule has 1 aromatic rings. The van der Waals surface area contributed by atoms with Crippen molar-refractivity contribution in [1.29, 1.82) is 0 Å². The summed E-state index contributed by atoms with van der Waals surface area (Å²) in [6.07, 6.45) is 0. The number of nitrogen functional groups attached to an aromatic ring is 1. The standard InChI is InChI=1S/C6H6N2O2.Pt/c7-5-1-3-6(4-2-5)8(9)10;/h1-4H,7H2;. The molecule has 0 saturated carbocycles. The van der Waals surface area contributed by atoms with E-state index in [2.05, 4.69) is 0 Å². The van der Waals surface area contributed by atoms with Crippen molar-refractivity contribution in [2.75, 3.05) is 5.73 Å². The molecule has 0 spiro atoms. The normalized spacial score (nSPS) is 8.36. The van der Waals surface area contributed by atoms with Crippen molar-refractivity contribution in [2.45, 2.75) is 0 Å². The third-order valence-corrected chi connectivity index (χ3v) is 1.10. The third kappa shape index (κ3) is 2.68. The Morgan fingerprint density at radius 2 is 1.73 bits per heavy atom. The Morgan fingerprint density at radius 1 is 1.27 bits per heavy atom. The molecule has 1 rings (SSSR count). The first-order valence-electron chi connectivity index (χ1n) is 2.70. The fourth-order valence-corrected chi connectivity index (χ4v) is 0.596. The zero-order valence-corrected chi connectivity index (χ0v) is 7.74. The van der Waals surface area contributed by atoms with Crippen LogP contribution in [0.5, 0.6) is 0 Å². The van der Waals surface area contributed by atoms with E-state index in [9.17, 15) is 10.1 Å². The van der Waals surface area contributed by atoms with Gasteiger partial charge in [0.05, 0.1) is 4.92 Å². The van der Waals surface area contributed by atoms with E-state index < -0.39 is 4.92 Å². The van der Waals surface area contributed by atoms with Gasteiger partial charge in [0.1, 0.15) is 0 Å². The SMILES string of the molecule is Nc1ccc([N+](=O)[O-])cc1.[Pt]. The number of benzene rings is 1. The minimum Gasteiger partial charge on any atom is -0.399 e. The molecular formula is C6H6N2O2Pt. The Labute approximate surface area is 77.8 Å². The van der Waals surface area contributed by atoms with Crippen molar-refractivity contribution in [3.63, 3.8) is 0 Å². The maximum absolute atomic E-state index is 10.1. The Bertz CT molecular complexity index is 247. The molecule has 1 aromatic carbocycles. The van der Waals surface area contributed by atoms with Crippen LogP contribution in [-0.4, -0.2) is 4.92 Å². The summed E-state index contributed by atoms with van der Waals surface area (Å²) >= 11 is 0. The van der Waals surface area contributed by atoms with Gasteiger partial charge >= 0.3 is 0 Å². The van der Waals surface area contributed by atoms with Crippen LogP contribution in [0.2, 0.25) is 0 Å². The van der Waals surface area contributed by atoms with Crippen LogP contribution in [0.1, 0.15) is 0 Å². The maximum Gasteiger partial charge on any atom is 0.269 e. The Kier molecular flexibility index (Phi) is 3.75. The zero-order chi connectivity index (χ0) is 7.56. The number of nitro groups is 1. The molecule has 4 nitrogen and oxygen atoms in total. The minimum atomic E-state index is -0.459. The monoisotopic (exact) mass is 333 g/mol. The molecule has 0 aliphatic rings. The molecular weight excluding hydrogens is 327 g/mol. The minimum absolute atomic E-state index is 0. The van der Waals surface area contributed by atoms with Gasteiger partial charge in [0.25, 0.3) is 5.69 Å². The second-order valence-corrected chi connectivity index (χ2v) is 1.85. The van der Waals surface area contributed by atoms with Gasteiger partial charge in [0.2, 0.25) is 0 Å². The second-order valence-electron chi connectivity index (χ2n) is 1.85. The van der Waals surface area contributed by atoms with Gasteiger partial charge in [-0.15, -0.1) is 0 Å². The summed E-state index contributed by atoms with van der Waals surface area (Å²) in [6, 6.07) is 5.74. The number of non-ortho nitro benzene ring substituents is 1. The molecule has 0 heterocycles. The summed E-state index contributed by atoms with van der Waals surface area (Å²) in [6.45, 7) is 0. The number of nitrogens with two attached hydrogens (primary N) is 1. The maximum atomic E-state index is 10.1. The molecule has 0 radical (unpaired) electrons. The summed E-state index contributed by atoms with van der Waals surface area (Å²) < 4.78 is 0. The molecule has 0 aliphatic carbocycles. The van der Waals surface area contributed by atoms with Crippen LogP contribution in [0.4, 0.5) is 11.4 Å². The van der Waals surface area contributed by atoms with Gasteiger partial charge in [-0.05, 0) is 12.1 Å². The van der Waals surface area contributed by atoms with E-state index in [-0.39, 0.29) is 26.8 Å². The van der Waals surface area contributed by atoms with Crippen LogP contribution in [0.25, 0.3) is 0 Å². The van der Waals surface area contributed by atoms with Gasteiger partial charge in [-0.2, -0.15) is 0 Å². The molecule has 62 valence electrons. The molecule has 0 unspecified atom stereocenters. The number of hydrogen-bond acceptors (Lipinski definition) is 3. The molecule has 0 aromatic heterocycles. The van der Waals surface area contributed by atoms with Gasteiger partial charge in [-0.3, -0.25) is 10.1 Å². The summed E-state index contributed by atoms with van der Waals surface area (Å²) in [7, 11) is 0. The third-order valence-electron chi connectivity index (χ3n) is 1.10. The van der Waals surface area contributed by atoms with Crippen LogP contribution in [0.15, 0.2) is 24.3 Å². The summed E-state index contributed by atoms with van der Waals surface area (Å²) in [5.74, 6) is 0. The van der Waals surface area contributed by atoms with Gasteiger partial charge in [-0.1, -0.05) is 0 Å². The van der Waals surface area contributed by atoms with Crippen LogP contribution < -0.4 is 5.73 Å². The van der Waals surface area contributed by atoms with Gasteiger partial charge < -0.3 is 5.73 Å². The van der Waals surface area contributed by atoms with Crippen LogP contribution in [0, 0.1) is 10.1 Å². The van der Waals surface area contributed by atoms with E-state index in [0.29, 0.717) is 5.69 Å². The van der Waals surface area contributed by atoms with Crippen molar-refractivity contribution in [2.24, 2.45) is 0 Å². The molecule has 0 amide bonds. The molecule has 11 heavy (non-hydrogen) atoms. The molecule has 5 heteroatoms.